The molecule has 14 heteroatoms. The van der Waals surface area contributed by atoms with Crippen molar-refractivity contribution in [2.75, 3.05) is 30.0 Å². The van der Waals surface area contributed by atoms with Crippen molar-refractivity contribution in [2.24, 2.45) is 13.0 Å². The minimum absolute atomic E-state index is 0.0187. The van der Waals surface area contributed by atoms with Crippen molar-refractivity contribution in [3.63, 3.8) is 0 Å². The molecular formula is C35H36F3N9O2. The van der Waals surface area contributed by atoms with E-state index >= 15 is 0 Å². The lowest BCUT2D eigenvalue weighted by atomic mass is 9.97. The lowest BCUT2D eigenvalue weighted by Gasteiger charge is -2.38. The maximum atomic E-state index is 14.7. The van der Waals surface area contributed by atoms with Crippen molar-refractivity contribution < 1.29 is 22.7 Å². The molecule has 1 saturated carbocycles. The minimum Gasteiger partial charge on any atom is -0.378 e. The van der Waals surface area contributed by atoms with Crippen molar-refractivity contribution in [3.8, 4) is 28.6 Å². The van der Waals surface area contributed by atoms with Crippen LogP contribution in [-0.2, 0) is 31.1 Å². The summed E-state index contributed by atoms with van der Waals surface area (Å²) in [7, 11) is 1.82. The molecule has 0 bridgehead atoms. The number of hydrogen-bond donors (Lipinski definition) is 1. The third-order valence-corrected chi connectivity index (χ3v) is 9.68. The number of carbonyl (C=O) groups excluding carboxylic acids is 1. The second kappa shape index (κ2) is 12.5. The van der Waals surface area contributed by atoms with Gasteiger partial charge in [0.25, 0.3) is 5.91 Å². The highest BCUT2D eigenvalue weighted by atomic mass is 19.4. The van der Waals surface area contributed by atoms with Crippen LogP contribution in [0.15, 0.2) is 49.1 Å². The van der Waals surface area contributed by atoms with Gasteiger partial charge in [0.05, 0.1) is 43.4 Å². The standard InChI is InChI=1S/C35H36F3N9O2/c1-21(2)29-19-49-11-10-46(29)17-22-12-25-27(28(13-22)35(36,37)38)18-47(33(25)48)31-15-23(14-30(42-31)43-34(5-6-34)7-8-39)26-16-40-9-4-24(26)32-44-41-20-45(32)3/h4,9,12-16,20-21,29H,5-7,10-11,17-19H2,1-3H3,(H,42,43)/t29-/m1/s1. The van der Waals surface area contributed by atoms with E-state index in [9.17, 15) is 23.2 Å². The topological polar surface area (TPSA) is 125 Å². The van der Waals surface area contributed by atoms with Gasteiger partial charge in [-0.25, -0.2) is 4.98 Å². The van der Waals surface area contributed by atoms with Crippen molar-refractivity contribution >= 4 is 17.5 Å². The van der Waals surface area contributed by atoms with Crippen LogP contribution in [0.3, 0.4) is 0 Å². The Morgan fingerprint density at radius 2 is 1.98 bits per heavy atom. The first-order valence-corrected chi connectivity index (χ1v) is 16.3. The number of aromatic nitrogens is 5. The van der Waals surface area contributed by atoms with Gasteiger partial charge in [0.2, 0.25) is 0 Å². The third-order valence-electron chi connectivity index (χ3n) is 9.68. The summed E-state index contributed by atoms with van der Waals surface area (Å²) >= 11 is 0. The lowest BCUT2D eigenvalue weighted by molar-refractivity contribution is -0.138. The van der Waals surface area contributed by atoms with E-state index < -0.39 is 23.2 Å². The Morgan fingerprint density at radius 1 is 1.16 bits per heavy atom. The number of amides is 1. The average Bonchev–Trinajstić information content (AvgIpc) is 3.54. The van der Waals surface area contributed by atoms with Crippen LogP contribution in [0.1, 0.15) is 60.2 Å². The molecule has 49 heavy (non-hydrogen) atoms. The molecule has 1 amide bonds. The summed E-state index contributed by atoms with van der Waals surface area (Å²) < 4.78 is 51.4. The van der Waals surface area contributed by atoms with Gasteiger partial charge < -0.3 is 14.6 Å². The quantitative estimate of drug-likeness (QED) is 0.234. The average molecular weight is 672 g/mol. The Morgan fingerprint density at radius 3 is 2.67 bits per heavy atom. The number of anilines is 2. The van der Waals surface area contributed by atoms with Gasteiger partial charge in [-0.3, -0.25) is 19.6 Å². The van der Waals surface area contributed by atoms with Gasteiger partial charge in [0, 0.05) is 55.3 Å². The fourth-order valence-electron chi connectivity index (χ4n) is 6.84. The van der Waals surface area contributed by atoms with Crippen LogP contribution in [-0.4, -0.2) is 66.9 Å². The van der Waals surface area contributed by atoms with Gasteiger partial charge in [-0.15, -0.1) is 10.2 Å². The summed E-state index contributed by atoms with van der Waals surface area (Å²) in [5, 5.41) is 21.1. The molecule has 254 valence electrons. The number of ether oxygens (including phenoxy) is 1. The van der Waals surface area contributed by atoms with Crippen molar-refractivity contribution in [1.29, 1.82) is 5.26 Å². The summed E-state index contributed by atoms with van der Waals surface area (Å²) in [5.74, 6) is 0.857. The number of fused-ring (bicyclic) bond motifs is 1. The summed E-state index contributed by atoms with van der Waals surface area (Å²) in [6, 6.07) is 10.3. The fourth-order valence-corrected chi connectivity index (χ4v) is 6.84. The van der Waals surface area contributed by atoms with Gasteiger partial charge in [0.1, 0.15) is 18.0 Å². The van der Waals surface area contributed by atoms with Crippen molar-refractivity contribution in [2.45, 2.75) is 64.0 Å². The highest BCUT2D eigenvalue weighted by molar-refractivity contribution is 6.10. The summed E-state index contributed by atoms with van der Waals surface area (Å²) in [4.78, 5) is 26.7. The van der Waals surface area contributed by atoms with Gasteiger partial charge in [0.15, 0.2) is 5.82 Å². The van der Waals surface area contributed by atoms with E-state index in [1.807, 2.05) is 7.05 Å². The Hall–Kier alpha value is -4.87. The molecule has 0 spiro atoms. The van der Waals surface area contributed by atoms with E-state index in [1.54, 1.807) is 47.6 Å². The molecule has 11 nitrogen and oxygen atoms in total. The first kappa shape index (κ1) is 32.7. The molecule has 1 aromatic carbocycles. The van der Waals surface area contributed by atoms with E-state index in [4.69, 9.17) is 9.72 Å². The predicted octanol–water partition coefficient (Wildman–Crippen LogP) is 5.83. The molecular weight excluding hydrogens is 635 g/mol. The molecule has 3 aliphatic rings. The molecule has 1 saturated heterocycles. The molecule has 2 fully saturated rings. The molecule has 1 aliphatic carbocycles. The Bertz CT molecular complexity index is 1950. The second-order valence-corrected chi connectivity index (χ2v) is 13.4. The zero-order valence-electron chi connectivity index (χ0n) is 27.5. The number of aryl methyl sites for hydroxylation is 1. The molecule has 1 N–H and O–H groups in total. The number of morpholine rings is 1. The number of nitrogens with zero attached hydrogens (tertiary/aromatic N) is 8. The first-order chi connectivity index (χ1) is 23.5. The Balaban J connectivity index is 1.30. The zero-order valence-corrected chi connectivity index (χ0v) is 27.5. The summed E-state index contributed by atoms with van der Waals surface area (Å²) in [5.41, 5.74) is 1.11. The number of alkyl halides is 3. The summed E-state index contributed by atoms with van der Waals surface area (Å²) in [6.07, 6.45) is 2.02. The normalized spacial score (nSPS) is 18.9. The highest BCUT2D eigenvalue weighted by Gasteiger charge is 2.44. The second-order valence-electron chi connectivity index (χ2n) is 13.4. The van der Waals surface area contributed by atoms with Crippen LogP contribution in [0.4, 0.5) is 24.8 Å². The Kier molecular flexibility index (Phi) is 8.36. The van der Waals surface area contributed by atoms with Crippen LogP contribution >= 0.6 is 0 Å². The molecule has 0 radical (unpaired) electrons. The number of nitriles is 1. The van der Waals surface area contributed by atoms with Gasteiger partial charge in [-0.1, -0.05) is 13.8 Å². The SMILES string of the molecule is CC(C)[C@H]1COCCN1Cc1cc2c(c(C(F)(F)F)c1)CN(c1cc(-c3cnccc3-c3nncn3C)cc(NC3(CC#N)CC3)n1)C2=O. The number of rotatable bonds is 9. The minimum atomic E-state index is -4.67. The number of pyridine rings is 2. The monoisotopic (exact) mass is 671 g/mol. The maximum absolute atomic E-state index is 14.7. The van der Waals surface area contributed by atoms with Crippen molar-refractivity contribution in [3.05, 3.63) is 71.3 Å². The Labute approximate surface area is 281 Å². The molecule has 7 rings (SSSR count). The van der Waals surface area contributed by atoms with E-state index in [0.29, 0.717) is 48.1 Å². The van der Waals surface area contributed by atoms with Gasteiger partial charge >= 0.3 is 6.18 Å². The molecule has 5 heterocycles. The molecule has 0 unspecified atom stereocenters. The van der Waals surface area contributed by atoms with Crippen LogP contribution in [0.2, 0.25) is 0 Å². The van der Waals surface area contributed by atoms with Crippen LogP contribution in [0.5, 0.6) is 0 Å². The predicted molar refractivity (Wildman–Crippen MR) is 175 cm³/mol. The van der Waals surface area contributed by atoms with Gasteiger partial charge in [-0.2, -0.15) is 18.4 Å². The highest BCUT2D eigenvalue weighted by Crippen LogP contribution is 2.44. The number of benzene rings is 1. The molecule has 4 aromatic rings. The number of hydrogen-bond acceptors (Lipinski definition) is 9. The number of nitrogens with one attached hydrogen (secondary N) is 1. The number of carbonyl (C=O) groups is 1. The lowest BCUT2D eigenvalue weighted by Crippen LogP contribution is -2.47. The van der Waals surface area contributed by atoms with E-state index in [-0.39, 0.29) is 48.4 Å². The third kappa shape index (κ3) is 6.36. The fraction of sp³-hybridized carbons (Fsp3) is 0.429. The van der Waals surface area contributed by atoms with Crippen LogP contribution < -0.4 is 10.2 Å². The van der Waals surface area contributed by atoms with E-state index in [1.165, 1.54) is 11.0 Å². The smallest absolute Gasteiger partial charge is 0.378 e. The van der Waals surface area contributed by atoms with E-state index in [2.05, 4.69) is 45.3 Å². The molecule has 1 atom stereocenters. The largest absolute Gasteiger partial charge is 0.416 e. The van der Waals surface area contributed by atoms with Crippen molar-refractivity contribution in [1.82, 2.24) is 29.6 Å². The summed E-state index contributed by atoms with van der Waals surface area (Å²) in [6.45, 7) is 5.69. The van der Waals surface area contributed by atoms with Crippen LogP contribution in [0.25, 0.3) is 22.5 Å². The van der Waals surface area contributed by atoms with E-state index in [0.717, 1.165) is 18.4 Å². The molecule has 3 aromatic heterocycles. The maximum Gasteiger partial charge on any atom is 0.416 e. The van der Waals surface area contributed by atoms with Gasteiger partial charge in [-0.05, 0) is 65.8 Å². The number of halogens is 3. The first-order valence-electron chi connectivity index (χ1n) is 16.3. The van der Waals surface area contributed by atoms with Crippen LogP contribution in [0, 0.1) is 17.2 Å². The molecule has 2 aliphatic heterocycles. The zero-order chi connectivity index (χ0) is 34.5.